The van der Waals surface area contributed by atoms with Gasteiger partial charge in [0, 0.05) is 66.9 Å². The highest BCUT2D eigenvalue weighted by Crippen LogP contribution is 2.64. The highest BCUT2D eigenvalue weighted by atomic mass is 32.2. The van der Waals surface area contributed by atoms with Gasteiger partial charge in [-0.1, -0.05) is 43.3 Å². The van der Waals surface area contributed by atoms with Crippen LogP contribution in [0.4, 0.5) is 9.18 Å². The quantitative estimate of drug-likeness (QED) is 0.397. The number of amides is 1. The fourth-order valence-electron chi connectivity index (χ4n) is 8.20. The third-order valence-corrected chi connectivity index (χ3v) is 13.2. The molecule has 2 aliphatic carbocycles. The van der Waals surface area contributed by atoms with Crippen molar-refractivity contribution in [2.45, 2.75) is 62.3 Å². The Morgan fingerprint density at radius 3 is 2.37 bits per heavy atom. The molecule has 0 spiro atoms. The van der Waals surface area contributed by atoms with Crippen LogP contribution in [-0.4, -0.2) is 97.7 Å². The highest BCUT2D eigenvalue weighted by Gasteiger charge is 2.64. The molecule has 3 aliphatic heterocycles. The Morgan fingerprint density at radius 2 is 1.74 bits per heavy atom. The second kappa shape index (κ2) is 12.8. The lowest BCUT2D eigenvalue weighted by Gasteiger charge is -2.40. The van der Waals surface area contributed by atoms with E-state index < -0.39 is 21.3 Å². The van der Waals surface area contributed by atoms with E-state index in [-0.39, 0.29) is 35.1 Å². The van der Waals surface area contributed by atoms with Crippen molar-refractivity contribution in [3.63, 3.8) is 0 Å². The summed E-state index contributed by atoms with van der Waals surface area (Å²) in [6, 6.07) is 12.1. The van der Waals surface area contributed by atoms with Crippen LogP contribution < -0.4 is 0 Å². The van der Waals surface area contributed by atoms with E-state index in [4.69, 9.17) is 4.74 Å². The summed E-state index contributed by atoms with van der Waals surface area (Å²) in [6.07, 6.45) is 2.59. The van der Waals surface area contributed by atoms with E-state index in [2.05, 4.69) is 34.9 Å². The van der Waals surface area contributed by atoms with Crippen LogP contribution in [0.1, 0.15) is 55.8 Å². The monoisotopic (exact) mass is 672 g/mol. The molecule has 7 rings (SSSR count). The van der Waals surface area contributed by atoms with Gasteiger partial charge < -0.3 is 14.2 Å². The molecule has 2 bridgehead atoms. The van der Waals surface area contributed by atoms with Crippen LogP contribution in [0.5, 0.6) is 0 Å². The van der Waals surface area contributed by atoms with Gasteiger partial charge in [0.25, 0.3) is 0 Å². The Morgan fingerprint density at radius 1 is 1.00 bits per heavy atom. The van der Waals surface area contributed by atoms with Gasteiger partial charge in [0.1, 0.15) is 18.2 Å². The topological polar surface area (TPSA) is 110 Å². The second-order valence-electron chi connectivity index (χ2n) is 14.0. The van der Waals surface area contributed by atoms with Gasteiger partial charge in [0.2, 0.25) is 0 Å². The maximum absolute atomic E-state index is 14.2. The number of ketones is 1. The SMILES string of the molecule is CC1(C)C2CC[C@@]1(CS(=O)(=O)[O-])C(=O)C2.Cc1ccc2c(c1)CC(N1CCN(CCN3CCOC3=O)CC1)c1cc(F)ccc1S2. The number of ether oxygens (including phenoxy) is 1. The number of cyclic esters (lactones) is 1. The maximum Gasteiger partial charge on any atom is 0.409 e. The van der Waals surface area contributed by atoms with Crippen LogP contribution in [0.25, 0.3) is 0 Å². The van der Waals surface area contributed by atoms with Crippen molar-refractivity contribution in [1.29, 1.82) is 0 Å². The summed E-state index contributed by atoms with van der Waals surface area (Å²) in [5.41, 5.74) is 2.49. The summed E-state index contributed by atoms with van der Waals surface area (Å²) in [5, 5.41) is 0. The smallest absolute Gasteiger partial charge is 0.409 e. The third-order valence-electron chi connectivity index (χ3n) is 11.1. The number of carbonyl (C=O) groups is 2. The zero-order chi connectivity index (χ0) is 32.9. The van der Waals surface area contributed by atoms with E-state index in [1.165, 1.54) is 16.0 Å². The van der Waals surface area contributed by atoms with E-state index in [1.54, 1.807) is 28.8 Å². The average molecular weight is 673 g/mol. The van der Waals surface area contributed by atoms with Crippen molar-refractivity contribution in [3.05, 3.63) is 58.9 Å². The molecular formula is C34H43FN3O6S2-. The van der Waals surface area contributed by atoms with E-state index >= 15 is 0 Å². The van der Waals surface area contributed by atoms with E-state index in [9.17, 15) is 27.0 Å². The number of benzene rings is 2. The van der Waals surface area contributed by atoms with Gasteiger partial charge in [-0.25, -0.2) is 17.6 Å². The lowest BCUT2D eigenvalue weighted by Crippen LogP contribution is -2.49. The summed E-state index contributed by atoms with van der Waals surface area (Å²) < 4.78 is 51.9. The zero-order valence-corrected chi connectivity index (χ0v) is 28.4. The Labute approximate surface area is 275 Å². The van der Waals surface area contributed by atoms with Gasteiger partial charge in [0.15, 0.2) is 0 Å². The highest BCUT2D eigenvalue weighted by molar-refractivity contribution is 7.99. The summed E-state index contributed by atoms with van der Waals surface area (Å²) >= 11 is 1.76. The number of nitrogens with zero attached hydrogens (tertiary/aromatic N) is 3. The van der Waals surface area contributed by atoms with Gasteiger partial charge in [-0.15, -0.1) is 0 Å². The molecule has 1 amide bonds. The summed E-state index contributed by atoms with van der Waals surface area (Å²) in [5.74, 6) is -0.444. The fourth-order valence-corrected chi connectivity index (χ4v) is 10.6. The predicted octanol–water partition coefficient (Wildman–Crippen LogP) is 4.88. The minimum absolute atomic E-state index is 0.0248. The number of aryl methyl sites for hydroxylation is 1. The van der Waals surface area contributed by atoms with Crippen LogP contribution in [0, 0.1) is 29.5 Å². The second-order valence-corrected chi connectivity index (χ2v) is 16.5. The van der Waals surface area contributed by atoms with E-state index in [0.717, 1.165) is 62.6 Å². The van der Waals surface area contributed by atoms with E-state index in [0.29, 0.717) is 26.0 Å². The molecule has 0 radical (unpaired) electrons. The first-order valence-corrected chi connectivity index (χ1v) is 18.6. The summed E-state index contributed by atoms with van der Waals surface area (Å²) in [7, 11) is -4.33. The molecule has 250 valence electrons. The number of carbonyl (C=O) groups excluding carboxylic acids is 2. The molecule has 2 saturated carbocycles. The maximum atomic E-state index is 14.2. The number of halogens is 1. The molecule has 3 heterocycles. The molecule has 9 nitrogen and oxygen atoms in total. The molecule has 2 aromatic carbocycles. The molecule has 2 unspecified atom stereocenters. The van der Waals surface area contributed by atoms with E-state index in [1.807, 2.05) is 19.9 Å². The molecule has 0 aromatic heterocycles. The Balaban J connectivity index is 0.000000208. The lowest BCUT2D eigenvalue weighted by atomic mass is 9.70. The van der Waals surface area contributed by atoms with Crippen molar-refractivity contribution in [2.75, 3.05) is 58.2 Å². The van der Waals surface area contributed by atoms with Gasteiger partial charge in [-0.3, -0.25) is 14.6 Å². The van der Waals surface area contributed by atoms with Crippen LogP contribution >= 0.6 is 11.8 Å². The number of rotatable bonds is 6. The molecule has 2 aromatic rings. The predicted molar refractivity (Wildman–Crippen MR) is 172 cm³/mol. The number of hydrogen-bond donors (Lipinski definition) is 0. The first kappa shape index (κ1) is 33.4. The van der Waals surface area contributed by atoms with Gasteiger partial charge >= 0.3 is 6.09 Å². The largest absolute Gasteiger partial charge is 0.748 e. The standard InChI is InChI=1S/C24H28FN3O2S.C10H16O4S/c1-17-2-4-22-18(14-17)15-21(20-16-19(25)3-5-23(20)31-22)27-9-6-26(7-10-27)8-11-28-12-13-30-24(28)29;1-9(2)7-3-4-10(9,8(11)5-7)6-15(12,13)14/h2-5,14,16,21H,6-13,15H2,1H3;7H,3-6H2,1-2H3,(H,12,13,14)/p-1/t;7?,10-/m.1/s1. The van der Waals surface area contributed by atoms with Crippen molar-refractivity contribution in [2.24, 2.45) is 16.7 Å². The van der Waals surface area contributed by atoms with Crippen LogP contribution in [0.3, 0.4) is 0 Å². The molecule has 12 heteroatoms. The lowest BCUT2D eigenvalue weighted by molar-refractivity contribution is -0.128. The molecule has 4 fully saturated rings. The molecule has 46 heavy (non-hydrogen) atoms. The van der Waals surface area contributed by atoms with Crippen LogP contribution in [-0.2, 0) is 26.1 Å². The van der Waals surface area contributed by atoms with Crippen LogP contribution in [0.2, 0.25) is 0 Å². The Hall–Kier alpha value is -2.51. The third kappa shape index (κ3) is 6.60. The average Bonchev–Trinajstić information content (AvgIpc) is 3.52. The molecular weight excluding hydrogens is 630 g/mol. The minimum atomic E-state index is -4.33. The van der Waals surface area contributed by atoms with Gasteiger partial charge in [-0.05, 0) is 72.9 Å². The number of piperazine rings is 1. The van der Waals surface area contributed by atoms with Gasteiger partial charge in [-0.2, -0.15) is 0 Å². The van der Waals surface area contributed by atoms with Crippen LogP contribution in [0.15, 0.2) is 46.2 Å². The molecule has 2 saturated heterocycles. The van der Waals surface area contributed by atoms with Gasteiger partial charge in [0.05, 0.1) is 22.4 Å². The first-order chi connectivity index (χ1) is 21.8. The Kier molecular flexibility index (Phi) is 9.32. The normalized spacial score (nSPS) is 27.5. The Bertz CT molecular complexity index is 1610. The number of Topliss-reactive ketones (excluding diaryl/α,β-unsaturated/α-hetero) is 1. The summed E-state index contributed by atoms with van der Waals surface area (Å²) in [4.78, 5) is 32.6. The van der Waals surface area contributed by atoms with Crippen molar-refractivity contribution in [3.8, 4) is 0 Å². The number of hydrogen-bond acceptors (Lipinski definition) is 9. The van der Waals surface area contributed by atoms with Crippen molar-refractivity contribution in [1.82, 2.24) is 14.7 Å². The van der Waals surface area contributed by atoms with Crippen molar-refractivity contribution < 1.29 is 31.7 Å². The molecule has 0 N–H and O–H groups in total. The molecule has 3 atom stereocenters. The number of fused-ring (bicyclic) bond motifs is 4. The first-order valence-electron chi connectivity index (χ1n) is 16.2. The van der Waals surface area contributed by atoms with Crippen molar-refractivity contribution >= 4 is 33.8 Å². The fraction of sp³-hybridized carbons (Fsp3) is 0.588. The minimum Gasteiger partial charge on any atom is -0.748 e. The summed E-state index contributed by atoms with van der Waals surface area (Å²) in [6.45, 7) is 12.6. The molecule has 5 aliphatic rings. The zero-order valence-electron chi connectivity index (χ0n) is 26.8.